The molecule has 0 heterocycles. The maximum Gasteiger partial charge on any atom is 0.219 e. The number of nitrogens with one attached hydrogen (secondary N) is 1. The van der Waals surface area contributed by atoms with Crippen LogP contribution in [0.5, 0.6) is 0 Å². The van der Waals surface area contributed by atoms with Gasteiger partial charge in [0.2, 0.25) is 5.91 Å². The van der Waals surface area contributed by atoms with Crippen molar-refractivity contribution in [3.63, 3.8) is 0 Å². The zero-order valence-corrected chi connectivity index (χ0v) is 7.66. The van der Waals surface area contributed by atoms with E-state index in [-0.39, 0.29) is 11.9 Å². The maximum absolute atomic E-state index is 10.7. The Morgan fingerprint density at radius 3 is 2.54 bits per heavy atom. The van der Waals surface area contributed by atoms with Crippen LogP contribution in [0, 0.1) is 0 Å². The molecular weight excluding hydrogens is 164 g/mol. The minimum atomic E-state index is -0.289. The van der Waals surface area contributed by atoms with E-state index in [0.29, 0.717) is 6.42 Å². The molecule has 1 atom stereocenters. The van der Waals surface area contributed by atoms with Crippen LogP contribution in [0.15, 0.2) is 30.3 Å². The number of carbonyl (C=O) groups is 1. The summed E-state index contributed by atoms with van der Waals surface area (Å²) in [5.74, 6) is -0.289. The Bertz CT molecular complexity index is 272. The average Bonchev–Trinajstić information content (AvgIpc) is 2.15. The summed E-state index contributed by atoms with van der Waals surface area (Å²) in [6.45, 7) is 0. The Morgan fingerprint density at radius 1 is 1.46 bits per heavy atom. The van der Waals surface area contributed by atoms with Crippen molar-refractivity contribution < 1.29 is 4.79 Å². The van der Waals surface area contributed by atoms with E-state index in [2.05, 4.69) is 5.32 Å². The Morgan fingerprint density at radius 2 is 2.08 bits per heavy atom. The summed E-state index contributed by atoms with van der Waals surface area (Å²) in [6, 6.07) is 9.81. The first-order valence-electron chi connectivity index (χ1n) is 4.24. The van der Waals surface area contributed by atoms with Crippen molar-refractivity contribution in [2.24, 2.45) is 5.73 Å². The predicted molar refractivity (Wildman–Crippen MR) is 52.1 cm³/mol. The third-order valence-corrected chi connectivity index (χ3v) is 1.96. The molecule has 1 unspecified atom stereocenters. The van der Waals surface area contributed by atoms with Gasteiger partial charge in [0, 0.05) is 12.5 Å². The zero-order chi connectivity index (χ0) is 9.68. The summed E-state index contributed by atoms with van der Waals surface area (Å²) in [4.78, 5) is 10.7. The second kappa shape index (κ2) is 4.62. The lowest BCUT2D eigenvalue weighted by Gasteiger charge is -2.14. The van der Waals surface area contributed by atoms with Gasteiger partial charge in [-0.05, 0) is 12.6 Å². The number of benzene rings is 1. The molecule has 1 aromatic carbocycles. The van der Waals surface area contributed by atoms with Crippen molar-refractivity contribution in [3.05, 3.63) is 35.9 Å². The fourth-order valence-corrected chi connectivity index (χ4v) is 1.27. The number of hydrogen-bond acceptors (Lipinski definition) is 2. The Hall–Kier alpha value is -1.35. The van der Waals surface area contributed by atoms with Crippen LogP contribution in [0.2, 0.25) is 0 Å². The van der Waals surface area contributed by atoms with E-state index in [1.165, 1.54) is 0 Å². The summed E-state index contributed by atoms with van der Waals surface area (Å²) >= 11 is 0. The average molecular weight is 178 g/mol. The van der Waals surface area contributed by atoms with Crippen LogP contribution < -0.4 is 11.1 Å². The quantitative estimate of drug-likeness (QED) is 0.717. The zero-order valence-electron chi connectivity index (χ0n) is 7.66. The molecule has 0 saturated carbocycles. The molecule has 1 amide bonds. The van der Waals surface area contributed by atoms with E-state index in [4.69, 9.17) is 5.73 Å². The fraction of sp³-hybridized carbons (Fsp3) is 0.300. The molecule has 1 aromatic rings. The highest BCUT2D eigenvalue weighted by Crippen LogP contribution is 2.14. The largest absolute Gasteiger partial charge is 0.370 e. The van der Waals surface area contributed by atoms with Gasteiger partial charge in [0.05, 0.1) is 0 Å². The SMILES string of the molecule is CNC(CC(N)=O)c1ccccc1. The van der Waals surface area contributed by atoms with E-state index in [1.807, 2.05) is 37.4 Å². The van der Waals surface area contributed by atoms with Crippen LogP contribution in [0.3, 0.4) is 0 Å². The molecule has 0 bridgehead atoms. The van der Waals surface area contributed by atoms with Gasteiger partial charge in [-0.25, -0.2) is 0 Å². The molecule has 3 heteroatoms. The number of nitrogens with two attached hydrogens (primary N) is 1. The number of rotatable bonds is 4. The first-order valence-corrected chi connectivity index (χ1v) is 4.24. The van der Waals surface area contributed by atoms with E-state index >= 15 is 0 Å². The fourth-order valence-electron chi connectivity index (χ4n) is 1.27. The van der Waals surface area contributed by atoms with Crippen molar-refractivity contribution in [1.82, 2.24) is 5.32 Å². The van der Waals surface area contributed by atoms with Crippen LogP contribution in [-0.2, 0) is 4.79 Å². The van der Waals surface area contributed by atoms with Crippen molar-refractivity contribution in [3.8, 4) is 0 Å². The summed E-state index contributed by atoms with van der Waals surface area (Å²) in [7, 11) is 1.82. The van der Waals surface area contributed by atoms with Crippen LogP contribution in [0.25, 0.3) is 0 Å². The summed E-state index contributed by atoms with van der Waals surface area (Å²) in [6.07, 6.45) is 0.334. The molecule has 1 rings (SSSR count). The van der Waals surface area contributed by atoms with Crippen molar-refractivity contribution in [2.75, 3.05) is 7.05 Å². The highest BCUT2D eigenvalue weighted by atomic mass is 16.1. The lowest BCUT2D eigenvalue weighted by atomic mass is 10.0. The molecule has 0 saturated heterocycles. The van der Waals surface area contributed by atoms with Gasteiger partial charge in [-0.3, -0.25) is 4.79 Å². The standard InChI is InChI=1S/C10H14N2O/c1-12-9(7-10(11)13)8-5-3-2-4-6-8/h2-6,9,12H,7H2,1H3,(H2,11,13). The monoisotopic (exact) mass is 178 g/mol. The molecule has 13 heavy (non-hydrogen) atoms. The molecule has 0 aliphatic rings. The predicted octanol–water partition coefficient (Wildman–Crippen LogP) is 0.822. The highest BCUT2D eigenvalue weighted by Gasteiger charge is 2.10. The van der Waals surface area contributed by atoms with Crippen LogP contribution >= 0.6 is 0 Å². The second-order valence-corrected chi connectivity index (χ2v) is 2.92. The molecule has 70 valence electrons. The number of carbonyl (C=O) groups excluding carboxylic acids is 1. The van der Waals surface area contributed by atoms with Crippen LogP contribution in [0.4, 0.5) is 0 Å². The smallest absolute Gasteiger partial charge is 0.219 e. The number of amides is 1. The summed E-state index contributed by atoms with van der Waals surface area (Å²) < 4.78 is 0. The highest BCUT2D eigenvalue weighted by molar-refractivity contribution is 5.74. The van der Waals surface area contributed by atoms with Gasteiger partial charge in [-0.1, -0.05) is 30.3 Å². The van der Waals surface area contributed by atoms with E-state index in [1.54, 1.807) is 0 Å². The molecule has 0 radical (unpaired) electrons. The summed E-state index contributed by atoms with van der Waals surface area (Å²) in [5, 5.41) is 3.05. The van der Waals surface area contributed by atoms with Gasteiger partial charge in [0.1, 0.15) is 0 Å². The van der Waals surface area contributed by atoms with Gasteiger partial charge in [-0.2, -0.15) is 0 Å². The number of hydrogen-bond donors (Lipinski definition) is 2. The van der Waals surface area contributed by atoms with Gasteiger partial charge in [0.15, 0.2) is 0 Å². The molecule has 0 aromatic heterocycles. The Balaban J connectivity index is 2.73. The van der Waals surface area contributed by atoms with E-state index in [0.717, 1.165) is 5.56 Å². The van der Waals surface area contributed by atoms with Crippen molar-refractivity contribution in [1.29, 1.82) is 0 Å². The molecular formula is C10H14N2O. The Labute approximate surface area is 77.9 Å². The maximum atomic E-state index is 10.7. The molecule has 3 nitrogen and oxygen atoms in total. The van der Waals surface area contributed by atoms with Crippen molar-refractivity contribution in [2.45, 2.75) is 12.5 Å². The summed E-state index contributed by atoms with van der Waals surface area (Å²) in [5.41, 5.74) is 6.21. The molecule has 0 aliphatic carbocycles. The molecule has 0 fully saturated rings. The minimum absolute atomic E-state index is 0.0266. The van der Waals surface area contributed by atoms with Crippen molar-refractivity contribution >= 4 is 5.91 Å². The topological polar surface area (TPSA) is 55.1 Å². The van der Waals surface area contributed by atoms with E-state index in [9.17, 15) is 4.79 Å². The lowest BCUT2D eigenvalue weighted by molar-refractivity contribution is -0.118. The first kappa shape index (κ1) is 9.74. The Kier molecular flexibility index (Phi) is 3.46. The minimum Gasteiger partial charge on any atom is -0.370 e. The first-order chi connectivity index (χ1) is 6.24. The third kappa shape index (κ3) is 2.87. The van der Waals surface area contributed by atoms with Gasteiger partial charge < -0.3 is 11.1 Å². The molecule has 3 N–H and O–H groups in total. The van der Waals surface area contributed by atoms with Gasteiger partial charge in [-0.15, -0.1) is 0 Å². The normalized spacial score (nSPS) is 12.4. The van der Waals surface area contributed by atoms with Gasteiger partial charge in [0.25, 0.3) is 0 Å². The number of primary amides is 1. The van der Waals surface area contributed by atoms with Crippen LogP contribution in [0.1, 0.15) is 18.0 Å². The van der Waals surface area contributed by atoms with Crippen LogP contribution in [-0.4, -0.2) is 13.0 Å². The lowest BCUT2D eigenvalue weighted by Crippen LogP contribution is -2.23. The molecule has 0 aliphatic heterocycles. The molecule has 0 spiro atoms. The van der Waals surface area contributed by atoms with E-state index < -0.39 is 0 Å². The van der Waals surface area contributed by atoms with Gasteiger partial charge >= 0.3 is 0 Å². The third-order valence-electron chi connectivity index (χ3n) is 1.96. The second-order valence-electron chi connectivity index (χ2n) is 2.92.